The first kappa shape index (κ1) is 44.9. The molecule has 0 saturated heterocycles. The Balaban J connectivity index is 3.36. The van der Waals surface area contributed by atoms with Crippen molar-refractivity contribution in [2.75, 3.05) is 6.54 Å². The lowest BCUT2D eigenvalue weighted by atomic mass is 10.0. The van der Waals surface area contributed by atoms with Crippen LogP contribution < -0.4 is 10.6 Å². The molecule has 0 aliphatic carbocycles. The number of nitrogens with one attached hydrogen (secondary N) is 2. The van der Waals surface area contributed by atoms with Crippen LogP contribution in [0.2, 0.25) is 0 Å². The van der Waals surface area contributed by atoms with E-state index in [0.29, 0.717) is 12.8 Å². The average Bonchev–Trinajstić information content (AvgIpc) is 3.04. The van der Waals surface area contributed by atoms with E-state index in [1.807, 2.05) is 0 Å². The summed E-state index contributed by atoms with van der Waals surface area (Å²) in [5.41, 5.74) is 0. The fourth-order valence-corrected chi connectivity index (χ4v) is 6.62. The summed E-state index contributed by atoms with van der Waals surface area (Å²) < 4.78 is 0. The molecule has 0 fully saturated rings. The summed E-state index contributed by atoms with van der Waals surface area (Å²) in [5.74, 6) is 0.415. The Bertz CT molecular complexity index is 623. The third-order valence-corrected chi connectivity index (χ3v) is 9.81. The highest BCUT2D eigenvalue weighted by atomic mass is 16.2. The van der Waals surface area contributed by atoms with Crippen molar-refractivity contribution in [1.82, 2.24) is 10.6 Å². The molecule has 4 heteroatoms. The SMILES string of the molecule is CCCCCCCCCCCCCCCCCC(=O)NCCCC[C@@H](C)NC(=O)CCCCCCCCCCCCCCCCC. The van der Waals surface area contributed by atoms with Crippen molar-refractivity contribution >= 4 is 11.8 Å². The van der Waals surface area contributed by atoms with Crippen molar-refractivity contribution in [2.45, 2.75) is 252 Å². The van der Waals surface area contributed by atoms with Crippen molar-refractivity contribution in [3.05, 3.63) is 0 Å². The van der Waals surface area contributed by atoms with Gasteiger partial charge >= 0.3 is 0 Å². The molecule has 4 nitrogen and oxygen atoms in total. The largest absolute Gasteiger partial charge is 0.356 e. The molecule has 46 heavy (non-hydrogen) atoms. The first-order chi connectivity index (χ1) is 22.6. The smallest absolute Gasteiger partial charge is 0.220 e. The lowest BCUT2D eigenvalue weighted by Crippen LogP contribution is -2.32. The van der Waals surface area contributed by atoms with Gasteiger partial charge in [-0.25, -0.2) is 0 Å². The van der Waals surface area contributed by atoms with Crippen LogP contribution in [0, 0.1) is 0 Å². The number of carbonyl (C=O) groups is 2. The van der Waals surface area contributed by atoms with Gasteiger partial charge in [0, 0.05) is 25.4 Å². The zero-order chi connectivity index (χ0) is 33.6. The Kier molecular flexibility index (Phi) is 37.5. The number of hydrogen-bond acceptors (Lipinski definition) is 2. The van der Waals surface area contributed by atoms with Crippen molar-refractivity contribution in [3.63, 3.8) is 0 Å². The second-order valence-corrected chi connectivity index (χ2v) is 14.7. The molecule has 0 radical (unpaired) electrons. The van der Waals surface area contributed by atoms with Gasteiger partial charge in [0.1, 0.15) is 0 Å². The third-order valence-electron chi connectivity index (χ3n) is 9.81. The maximum atomic E-state index is 12.3. The standard InChI is InChI=1S/C42H84N2O2/c1-4-6-8-10-12-14-16-18-20-22-24-26-28-30-32-37-41(45)43-39-35-34-36-40(3)44-42(46)38-33-31-29-27-25-23-21-19-17-15-13-11-9-7-5-2/h40H,4-39H2,1-3H3,(H,43,45)(H,44,46)/t40-/m1/s1. The van der Waals surface area contributed by atoms with Gasteiger partial charge in [0.25, 0.3) is 0 Å². The summed E-state index contributed by atoms with van der Waals surface area (Å²) in [5, 5.41) is 6.27. The van der Waals surface area contributed by atoms with E-state index in [9.17, 15) is 9.59 Å². The quantitative estimate of drug-likeness (QED) is 0.0654. The van der Waals surface area contributed by atoms with Crippen LogP contribution in [0.25, 0.3) is 0 Å². The van der Waals surface area contributed by atoms with E-state index in [1.165, 1.54) is 180 Å². The molecule has 0 aliphatic rings. The van der Waals surface area contributed by atoms with Gasteiger partial charge in [-0.3, -0.25) is 9.59 Å². The molecule has 2 amide bonds. The van der Waals surface area contributed by atoms with Gasteiger partial charge in [-0.15, -0.1) is 0 Å². The lowest BCUT2D eigenvalue weighted by Gasteiger charge is -2.14. The second-order valence-electron chi connectivity index (χ2n) is 14.7. The molecule has 0 heterocycles. The van der Waals surface area contributed by atoms with Crippen molar-refractivity contribution in [3.8, 4) is 0 Å². The van der Waals surface area contributed by atoms with E-state index in [-0.39, 0.29) is 17.9 Å². The van der Waals surface area contributed by atoms with E-state index in [2.05, 4.69) is 31.4 Å². The van der Waals surface area contributed by atoms with Crippen LogP contribution in [-0.4, -0.2) is 24.4 Å². The maximum Gasteiger partial charge on any atom is 0.220 e. The average molecular weight is 649 g/mol. The molecule has 0 unspecified atom stereocenters. The van der Waals surface area contributed by atoms with Crippen LogP contribution in [0.1, 0.15) is 245 Å². The van der Waals surface area contributed by atoms with E-state index >= 15 is 0 Å². The number of amides is 2. The zero-order valence-corrected chi connectivity index (χ0v) is 31.8. The Morgan fingerprint density at radius 2 is 0.696 bits per heavy atom. The molecule has 0 aliphatic heterocycles. The van der Waals surface area contributed by atoms with Gasteiger partial charge in [0.2, 0.25) is 11.8 Å². The molecule has 0 aromatic heterocycles. The van der Waals surface area contributed by atoms with E-state index in [4.69, 9.17) is 0 Å². The molecule has 1 atom stereocenters. The monoisotopic (exact) mass is 649 g/mol. The van der Waals surface area contributed by atoms with Crippen molar-refractivity contribution in [2.24, 2.45) is 0 Å². The van der Waals surface area contributed by atoms with E-state index < -0.39 is 0 Å². The van der Waals surface area contributed by atoms with Crippen LogP contribution in [0.3, 0.4) is 0 Å². The van der Waals surface area contributed by atoms with E-state index in [1.54, 1.807) is 0 Å². The van der Waals surface area contributed by atoms with Gasteiger partial charge in [-0.05, 0) is 39.0 Å². The Labute approximate surface area is 289 Å². The summed E-state index contributed by atoms with van der Waals surface area (Å²) >= 11 is 0. The Morgan fingerprint density at radius 1 is 0.391 bits per heavy atom. The molecule has 0 saturated carbocycles. The van der Waals surface area contributed by atoms with Crippen LogP contribution in [-0.2, 0) is 9.59 Å². The topological polar surface area (TPSA) is 58.2 Å². The Morgan fingerprint density at radius 3 is 1.04 bits per heavy atom. The minimum atomic E-state index is 0.207. The Hall–Kier alpha value is -1.06. The van der Waals surface area contributed by atoms with E-state index in [0.717, 1.165) is 38.6 Å². The molecule has 0 aromatic carbocycles. The first-order valence-corrected chi connectivity index (χ1v) is 21.2. The number of unbranched alkanes of at least 4 members (excludes halogenated alkanes) is 29. The molecule has 274 valence electrons. The second kappa shape index (κ2) is 38.4. The highest BCUT2D eigenvalue weighted by Crippen LogP contribution is 2.15. The molecule has 0 bridgehead atoms. The lowest BCUT2D eigenvalue weighted by molar-refractivity contribution is -0.122. The summed E-state index contributed by atoms with van der Waals surface area (Å²) in [6.07, 6.45) is 44.9. The third kappa shape index (κ3) is 37.4. The van der Waals surface area contributed by atoms with Crippen LogP contribution in [0.5, 0.6) is 0 Å². The van der Waals surface area contributed by atoms with Crippen molar-refractivity contribution in [1.29, 1.82) is 0 Å². The molecule has 2 N–H and O–H groups in total. The number of hydrogen-bond donors (Lipinski definition) is 2. The molecule has 0 aromatic rings. The zero-order valence-electron chi connectivity index (χ0n) is 31.8. The summed E-state index contributed by atoms with van der Waals surface area (Å²) in [6, 6.07) is 0.222. The summed E-state index contributed by atoms with van der Waals surface area (Å²) in [6.45, 7) is 7.44. The minimum absolute atomic E-state index is 0.207. The normalized spacial score (nSPS) is 12.0. The highest BCUT2D eigenvalue weighted by molar-refractivity contribution is 5.76. The van der Waals surface area contributed by atoms with Crippen molar-refractivity contribution < 1.29 is 9.59 Å². The predicted octanol–water partition coefficient (Wildman–Crippen LogP) is 13.3. The maximum absolute atomic E-state index is 12.3. The first-order valence-electron chi connectivity index (χ1n) is 21.2. The molecule has 0 spiro atoms. The van der Waals surface area contributed by atoms with Gasteiger partial charge in [-0.1, -0.05) is 194 Å². The highest BCUT2D eigenvalue weighted by Gasteiger charge is 2.07. The molecule has 0 rings (SSSR count). The van der Waals surface area contributed by atoms with Gasteiger partial charge in [0.15, 0.2) is 0 Å². The number of rotatable bonds is 38. The van der Waals surface area contributed by atoms with Gasteiger partial charge < -0.3 is 10.6 Å². The number of carbonyl (C=O) groups excluding carboxylic acids is 2. The van der Waals surface area contributed by atoms with Gasteiger partial charge in [0.05, 0.1) is 0 Å². The van der Waals surface area contributed by atoms with Gasteiger partial charge in [-0.2, -0.15) is 0 Å². The summed E-state index contributed by atoms with van der Waals surface area (Å²) in [4.78, 5) is 24.4. The molecular formula is C42H84N2O2. The fourth-order valence-electron chi connectivity index (χ4n) is 6.62. The predicted molar refractivity (Wildman–Crippen MR) is 204 cm³/mol. The van der Waals surface area contributed by atoms with Crippen LogP contribution >= 0.6 is 0 Å². The molecular weight excluding hydrogens is 564 g/mol. The minimum Gasteiger partial charge on any atom is -0.356 e. The fraction of sp³-hybridized carbons (Fsp3) is 0.952. The summed E-state index contributed by atoms with van der Waals surface area (Å²) in [7, 11) is 0. The van der Waals surface area contributed by atoms with Crippen LogP contribution in [0.15, 0.2) is 0 Å². The van der Waals surface area contributed by atoms with Crippen LogP contribution in [0.4, 0.5) is 0 Å².